The van der Waals surface area contributed by atoms with E-state index in [1.165, 1.54) is 12.8 Å². The third-order valence-electron chi connectivity index (χ3n) is 3.24. The van der Waals surface area contributed by atoms with Crippen molar-refractivity contribution in [2.45, 2.75) is 19.8 Å². The number of hydrogen-bond acceptors (Lipinski definition) is 2. The maximum absolute atomic E-state index is 11.0. The average Bonchev–Trinajstić information content (AvgIpc) is 2.30. The number of piperidine rings is 1. The second-order valence-electron chi connectivity index (χ2n) is 4.49. The molecular formula is C13H16ClNO. The second kappa shape index (κ2) is 4.88. The standard InChI is InChI=1S/C13H16ClNO/c1-10-4-6-15(7-5-10)13-3-2-12(14)8-11(13)9-16/h2-3,8-10H,4-7H2,1H3. The number of halogens is 1. The van der Waals surface area contributed by atoms with Gasteiger partial charge < -0.3 is 4.90 Å². The second-order valence-corrected chi connectivity index (χ2v) is 4.93. The molecule has 1 aromatic carbocycles. The molecule has 0 spiro atoms. The molecule has 1 aromatic rings. The van der Waals surface area contributed by atoms with Crippen LogP contribution < -0.4 is 4.90 Å². The lowest BCUT2D eigenvalue weighted by Crippen LogP contribution is -2.33. The molecule has 86 valence electrons. The SMILES string of the molecule is CC1CCN(c2ccc(Cl)cc2C=O)CC1. The van der Waals surface area contributed by atoms with Crippen molar-refractivity contribution >= 4 is 23.6 Å². The molecule has 0 radical (unpaired) electrons. The summed E-state index contributed by atoms with van der Waals surface area (Å²) in [5.74, 6) is 0.795. The molecule has 0 aliphatic carbocycles. The molecule has 1 aliphatic heterocycles. The van der Waals surface area contributed by atoms with Gasteiger partial charge in [-0.15, -0.1) is 0 Å². The molecule has 1 fully saturated rings. The number of aldehydes is 1. The normalized spacial score (nSPS) is 17.5. The maximum atomic E-state index is 11.0. The Hall–Kier alpha value is -1.02. The summed E-state index contributed by atoms with van der Waals surface area (Å²) in [5.41, 5.74) is 1.72. The quantitative estimate of drug-likeness (QED) is 0.735. The van der Waals surface area contributed by atoms with Crippen molar-refractivity contribution in [1.82, 2.24) is 0 Å². The van der Waals surface area contributed by atoms with Crippen LogP contribution in [0.25, 0.3) is 0 Å². The van der Waals surface area contributed by atoms with Gasteiger partial charge in [0.05, 0.1) is 0 Å². The zero-order valence-corrected chi connectivity index (χ0v) is 10.2. The Morgan fingerprint density at radius 3 is 2.69 bits per heavy atom. The van der Waals surface area contributed by atoms with Crippen LogP contribution in [0, 0.1) is 5.92 Å². The Morgan fingerprint density at radius 1 is 1.38 bits per heavy atom. The number of anilines is 1. The van der Waals surface area contributed by atoms with E-state index in [9.17, 15) is 4.79 Å². The molecule has 1 saturated heterocycles. The lowest BCUT2D eigenvalue weighted by molar-refractivity contribution is 0.112. The van der Waals surface area contributed by atoms with Gasteiger partial charge in [-0.25, -0.2) is 0 Å². The Morgan fingerprint density at radius 2 is 2.06 bits per heavy atom. The fourth-order valence-corrected chi connectivity index (χ4v) is 2.34. The van der Waals surface area contributed by atoms with Gasteiger partial charge in [0.1, 0.15) is 0 Å². The summed E-state index contributed by atoms with van der Waals surface area (Å²) in [4.78, 5) is 13.3. The molecule has 3 heteroatoms. The largest absolute Gasteiger partial charge is 0.371 e. The van der Waals surface area contributed by atoms with Crippen molar-refractivity contribution < 1.29 is 4.79 Å². The van der Waals surface area contributed by atoms with Crippen molar-refractivity contribution in [3.63, 3.8) is 0 Å². The van der Waals surface area contributed by atoms with Crippen LogP contribution in [0.3, 0.4) is 0 Å². The molecule has 1 aliphatic rings. The summed E-state index contributed by atoms with van der Waals surface area (Å²) in [6.07, 6.45) is 3.28. The van der Waals surface area contributed by atoms with Crippen LogP contribution in [0.2, 0.25) is 5.02 Å². The van der Waals surface area contributed by atoms with E-state index in [-0.39, 0.29) is 0 Å². The van der Waals surface area contributed by atoms with Gasteiger partial charge in [0.25, 0.3) is 0 Å². The molecule has 0 bridgehead atoms. The van der Waals surface area contributed by atoms with E-state index in [0.717, 1.165) is 31.0 Å². The minimum Gasteiger partial charge on any atom is -0.371 e. The van der Waals surface area contributed by atoms with Crippen LogP contribution in [-0.2, 0) is 0 Å². The lowest BCUT2D eigenvalue weighted by atomic mass is 9.98. The van der Waals surface area contributed by atoms with Crippen LogP contribution in [-0.4, -0.2) is 19.4 Å². The van der Waals surface area contributed by atoms with Crippen LogP contribution in [0.1, 0.15) is 30.1 Å². The first-order valence-electron chi connectivity index (χ1n) is 5.70. The first-order valence-corrected chi connectivity index (χ1v) is 6.08. The highest BCUT2D eigenvalue weighted by Crippen LogP contribution is 2.27. The minimum absolute atomic E-state index is 0.622. The highest BCUT2D eigenvalue weighted by atomic mass is 35.5. The van der Waals surface area contributed by atoms with Crippen LogP contribution >= 0.6 is 11.6 Å². The van der Waals surface area contributed by atoms with Crippen molar-refractivity contribution in [2.24, 2.45) is 5.92 Å². The molecule has 1 heterocycles. The first-order chi connectivity index (χ1) is 7.70. The third kappa shape index (κ3) is 2.38. The Balaban J connectivity index is 2.23. The van der Waals surface area contributed by atoms with Crippen LogP contribution in [0.4, 0.5) is 5.69 Å². The number of carbonyl (C=O) groups excluding carboxylic acids is 1. The number of benzene rings is 1. The highest BCUT2D eigenvalue weighted by molar-refractivity contribution is 6.31. The van der Waals surface area contributed by atoms with Crippen molar-refractivity contribution in [3.05, 3.63) is 28.8 Å². The molecule has 2 rings (SSSR count). The summed E-state index contributed by atoms with van der Waals surface area (Å²) in [7, 11) is 0. The van der Waals surface area contributed by atoms with Gasteiger partial charge >= 0.3 is 0 Å². The van der Waals surface area contributed by atoms with Crippen LogP contribution in [0.5, 0.6) is 0 Å². The molecule has 0 N–H and O–H groups in total. The lowest BCUT2D eigenvalue weighted by Gasteiger charge is -2.32. The maximum Gasteiger partial charge on any atom is 0.152 e. The van der Waals surface area contributed by atoms with E-state index in [0.29, 0.717) is 10.6 Å². The van der Waals surface area contributed by atoms with E-state index in [4.69, 9.17) is 11.6 Å². The first kappa shape index (κ1) is 11.5. The van der Waals surface area contributed by atoms with Crippen molar-refractivity contribution in [2.75, 3.05) is 18.0 Å². The summed E-state index contributed by atoms with van der Waals surface area (Å²) >= 11 is 5.88. The fraction of sp³-hybridized carbons (Fsp3) is 0.462. The summed E-state index contributed by atoms with van der Waals surface area (Å²) in [6.45, 7) is 4.34. The average molecular weight is 238 g/mol. The molecule has 0 unspecified atom stereocenters. The van der Waals surface area contributed by atoms with Gasteiger partial charge in [-0.3, -0.25) is 4.79 Å². The predicted molar refractivity (Wildman–Crippen MR) is 67.5 cm³/mol. The molecule has 2 nitrogen and oxygen atoms in total. The van der Waals surface area contributed by atoms with E-state index >= 15 is 0 Å². The Kier molecular flexibility index (Phi) is 3.49. The molecule has 0 aromatic heterocycles. The number of nitrogens with zero attached hydrogens (tertiary/aromatic N) is 1. The zero-order valence-electron chi connectivity index (χ0n) is 9.45. The van der Waals surface area contributed by atoms with Gasteiger partial charge in [0, 0.05) is 29.4 Å². The molecule has 0 atom stereocenters. The van der Waals surface area contributed by atoms with E-state index in [1.54, 1.807) is 6.07 Å². The smallest absolute Gasteiger partial charge is 0.152 e. The number of hydrogen-bond donors (Lipinski definition) is 0. The van der Waals surface area contributed by atoms with E-state index in [1.807, 2.05) is 12.1 Å². The van der Waals surface area contributed by atoms with E-state index < -0.39 is 0 Å². The summed E-state index contributed by atoms with van der Waals surface area (Å²) in [5, 5.41) is 0.622. The van der Waals surface area contributed by atoms with Crippen molar-refractivity contribution in [1.29, 1.82) is 0 Å². The minimum atomic E-state index is 0.622. The van der Waals surface area contributed by atoms with Crippen LogP contribution in [0.15, 0.2) is 18.2 Å². The Labute approximate surface area is 101 Å². The van der Waals surface area contributed by atoms with Gasteiger partial charge in [0.2, 0.25) is 0 Å². The fourth-order valence-electron chi connectivity index (χ4n) is 2.16. The van der Waals surface area contributed by atoms with Gasteiger partial charge in [0.15, 0.2) is 6.29 Å². The molecule has 0 amide bonds. The van der Waals surface area contributed by atoms with Crippen molar-refractivity contribution in [3.8, 4) is 0 Å². The van der Waals surface area contributed by atoms with Gasteiger partial charge in [-0.05, 0) is 37.0 Å². The summed E-state index contributed by atoms with van der Waals surface area (Å²) in [6, 6.07) is 5.53. The molecule has 16 heavy (non-hydrogen) atoms. The van der Waals surface area contributed by atoms with Gasteiger partial charge in [-0.1, -0.05) is 18.5 Å². The third-order valence-corrected chi connectivity index (χ3v) is 3.48. The predicted octanol–water partition coefficient (Wildman–Crippen LogP) is 3.39. The Bertz CT molecular complexity index is 384. The topological polar surface area (TPSA) is 20.3 Å². The van der Waals surface area contributed by atoms with E-state index in [2.05, 4.69) is 11.8 Å². The molecular weight excluding hydrogens is 222 g/mol. The van der Waals surface area contributed by atoms with Gasteiger partial charge in [-0.2, -0.15) is 0 Å². The molecule has 0 saturated carbocycles. The monoisotopic (exact) mass is 237 g/mol. The number of carbonyl (C=O) groups is 1. The number of rotatable bonds is 2. The highest BCUT2D eigenvalue weighted by Gasteiger charge is 2.18. The zero-order chi connectivity index (χ0) is 11.5. The summed E-state index contributed by atoms with van der Waals surface area (Å²) < 4.78 is 0.